The van der Waals surface area contributed by atoms with E-state index in [1.807, 2.05) is 0 Å². The first-order valence-corrected chi connectivity index (χ1v) is 4.61. The average Bonchev–Trinajstić information content (AvgIpc) is 2.26. The van der Waals surface area contributed by atoms with Crippen LogP contribution in [0.4, 0.5) is 5.69 Å². The van der Waals surface area contributed by atoms with Crippen molar-refractivity contribution < 1.29 is 14.7 Å². The number of aliphatic hydroxyl groups excluding tert-OH is 1. The van der Waals surface area contributed by atoms with Gasteiger partial charge in [-0.2, -0.15) is 0 Å². The molecule has 0 radical (unpaired) electrons. The Morgan fingerprint density at radius 1 is 1.47 bits per heavy atom. The Morgan fingerprint density at radius 3 is 2.53 bits per heavy atom. The summed E-state index contributed by atoms with van der Waals surface area (Å²) in [5.74, 6) is -0.271. The third-order valence-electron chi connectivity index (χ3n) is 2.02. The summed E-state index contributed by atoms with van der Waals surface area (Å²) in [6, 6.07) is 6.76. The van der Waals surface area contributed by atoms with E-state index < -0.39 is 6.10 Å². The summed E-state index contributed by atoms with van der Waals surface area (Å²) in [6.07, 6.45) is -0.232. The van der Waals surface area contributed by atoms with Crippen LogP contribution in [0.5, 0.6) is 0 Å². The summed E-state index contributed by atoms with van der Waals surface area (Å²) in [5.41, 5.74) is 1.36. The predicted molar refractivity (Wildman–Crippen MR) is 57.0 cm³/mol. The van der Waals surface area contributed by atoms with Crippen molar-refractivity contribution in [2.45, 2.75) is 13.0 Å². The maximum absolute atomic E-state index is 10.7. The maximum Gasteiger partial charge on any atom is 0.160 e. The lowest BCUT2D eigenvalue weighted by Crippen LogP contribution is -2.26. The predicted octanol–water partition coefficient (Wildman–Crippen LogP) is 0.861. The highest BCUT2D eigenvalue weighted by molar-refractivity contribution is 5.80. The van der Waals surface area contributed by atoms with Crippen molar-refractivity contribution >= 4 is 17.8 Å². The number of aliphatic hydroxyl groups is 1. The standard InChI is InChI=1S/C11H13NO3/c1-8(14)11(15)6-12-10-4-2-9(7-13)3-5-10/h2-5,7,11-12,15H,6H2,1H3. The average molecular weight is 207 g/mol. The van der Waals surface area contributed by atoms with Gasteiger partial charge in [0, 0.05) is 17.8 Å². The molecule has 1 aromatic rings. The number of ketones is 1. The molecule has 4 nitrogen and oxygen atoms in total. The van der Waals surface area contributed by atoms with Crippen molar-refractivity contribution in [3.05, 3.63) is 29.8 Å². The van der Waals surface area contributed by atoms with Gasteiger partial charge >= 0.3 is 0 Å². The molecule has 80 valence electrons. The summed E-state index contributed by atoms with van der Waals surface area (Å²) in [6.45, 7) is 1.51. The van der Waals surface area contributed by atoms with E-state index in [0.717, 1.165) is 12.0 Å². The topological polar surface area (TPSA) is 66.4 Å². The number of nitrogens with one attached hydrogen (secondary N) is 1. The summed E-state index contributed by atoms with van der Waals surface area (Å²) < 4.78 is 0. The fourth-order valence-electron chi connectivity index (χ4n) is 1.04. The first-order valence-electron chi connectivity index (χ1n) is 4.61. The Bertz CT molecular complexity index is 345. The largest absolute Gasteiger partial charge is 0.383 e. The van der Waals surface area contributed by atoms with Crippen LogP contribution in [0.25, 0.3) is 0 Å². The van der Waals surface area contributed by atoms with Crippen LogP contribution in [0, 0.1) is 0 Å². The van der Waals surface area contributed by atoms with Crippen LogP contribution in [0.3, 0.4) is 0 Å². The van der Waals surface area contributed by atoms with E-state index in [0.29, 0.717) is 5.56 Å². The molecule has 0 bridgehead atoms. The highest BCUT2D eigenvalue weighted by Crippen LogP contribution is 2.07. The van der Waals surface area contributed by atoms with Gasteiger partial charge in [0.05, 0.1) is 0 Å². The molecule has 0 saturated carbocycles. The van der Waals surface area contributed by atoms with Crippen molar-refractivity contribution in [3.63, 3.8) is 0 Å². The zero-order valence-electron chi connectivity index (χ0n) is 8.43. The summed E-state index contributed by atoms with van der Waals surface area (Å²) in [5, 5.41) is 12.1. The SMILES string of the molecule is CC(=O)C(O)CNc1ccc(C=O)cc1. The van der Waals surface area contributed by atoms with E-state index in [2.05, 4.69) is 5.32 Å². The van der Waals surface area contributed by atoms with Gasteiger partial charge in [-0.1, -0.05) is 0 Å². The lowest BCUT2D eigenvalue weighted by molar-refractivity contribution is -0.124. The van der Waals surface area contributed by atoms with Crippen LogP contribution in [-0.4, -0.2) is 29.8 Å². The Hall–Kier alpha value is -1.68. The van der Waals surface area contributed by atoms with Gasteiger partial charge in [-0.15, -0.1) is 0 Å². The van der Waals surface area contributed by atoms with Crippen LogP contribution >= 0.6 is 0 Å². The number of hydrogen-bond acceptors (Lipinski definition) is 4. The molecule has 0 amide bonds. The van der Waals surface area contributed by atoms with E-state index in [1.54, 1.807) is 24.3 Å². The number of hydrogen-bond donors (Lipinski definition) is 2. The van der Waals surface area contributed by atoms with Gasteiger partial charge in [0.1, 0.15) is 12.4 Å². The van der Waals surface area contributed by atoms with Crippen molar-refractivity contribution in [1.29, 1.82) is 0 Å². The lowest BCUT2D eigenvalue weighted by atomic mass is 10.2. The van der Waals surface area contributed by atoms with Gasteiger partial charge < -0.3 is 10.4 Å². The number of aldehydes is 1. The Morgan fingerprint density at radius 2 is 2.07 bits per heavy atom. The molecule has 2 N–H and O–H groups in total. The second-order valence-electron chi connectivity index (χ2n) is 3.25. The number of carbonyl (C=O) groups is 2. The molecule has 0 aromatic heterocycles. The Labute approximate surface area is 87.9 Å². The second-order valence-corrected chi connectivity index (χ2v) is 3.25. The molecule has 0 aliphatic carbocycles. The van der Waals surface area contributed by atoms with Crippen molar-refractivity contribution in [2.75, 3.05) is 11.9 Å². The van der Waals surface area contributed by atoms with Gasteiger partial charge in [0.2, 0.25) is 0 Å². The van der Waals surface area contributed by atoms with Gasteiger partial charge in [0.25, 0.3) is 0 Å². The number of anilines is 1. The molecule has 1 aromatic carbocycles. The highest BCUT2D eigenvalue weighted by Gasteiger charge is 2.08. The highest BCUT2D eigenvalue weighted by atomic mass is 16.3. The minimum atomic E-state index is -0.990. The monoisotopic (exact) mass is 207 g/mol. The smallest absolute Gasteiger partial charge is 0.160 e. The Balaban J connectivity index is 2.51. The molecule has 0 aliphatic heterocycles. The molecular weight excluding hydrogens is 194 g/mol. The molecule has 0 saturated heterocycles. The molecule has 4 heteroatoms. The minimum absolute atomic E-state index is 0.176. The molecule has 1 rings (SSSR count). The molecule has 0 heterocycles. The fourth-order valence-corrected chi connectivity index (χ4v) is 1.04. The van der Waals surface area contributed by atoms with Crippen molar-refractivity contribution in [2.24, 2.45) is 0 Å². The van der Waals surface area contributed by atoms with E-state index in [4.69, 9.17) is 0 Å². The van der Waals surface area contributed by atoms with E-state index in [-0.39, 0.29) is 12.3 Å². The van der Waals surface area contributed by atoms with Gasteiger partial charge in [-0.05, 0) is 31.2 Å². The van der Waals surface area contributed by atoms with Crippen molar-refractivity contribution in [3.8, 4) is 0 Å². The fraction of sp³-hybridized carbons (Fsp3) is 0.273. The van der Waals surface area contributed by atoms with Crippen molar-refractivity contribution in [1.82, 2.24) is 0 Å². The first-order chi connectivity index (χ1) is 7.13. The Kier molecular flexibility index (Phi) is 4.00. The van der Waals surface area contributed by atoms with E-state index >= 15 is 0 Å². The second kappa shape index (κ2) is 5.26. The minimum Gasteiger partial charge on any atom is -0.383 e. The van der Waals surface area contributed by atoms with Crippen LogP contribution in [0.1, 0.15) is 17.3 Å². The number of rotatable bonds is 5. The normalized spacial score (nSPS) is 11.9. The number of carbonyl (C=O) groups excluding carboxylic acids is 2. The van der Waals surface area contributed by atoms with Gasteiger partial charge in [0.15, 0.2) is 5.78 Å². The third-order valence-corrected chi connectivity index (χ3v) is 2.02. The van der Waals surface area contributed by atoms with Crippen LogP contribution in [-0.2, 0) is 4.79 Å². The van der Waals surface area contributed by atoms with Crippen LogP contribution < -0.4 is 5.32 Å². The summed E-state index contributed by atoms with van der Waals surface area (Å²) in [4.78, 5) is 21.1. The molecule has 1 unspecified atom stereocenters. The molecule has 0 fully saturated rings. The third kappa shape index (κ3) is 3.52. The number of Topliss-reactive ketones (excluding diaryl/α,β-unsaturated/α-hetero) is 1. The summed E-state index contributed by atoms with van der Waals surface area (Å²) in [7, 11) is 0. The first kappa shape index (κ1) is 11.4. The molecule has 0 spiro atoms. The molecule has 15 heavy (non-hydrogen) atoms. The molecule has 1 atom stereocenters. The molecular formula is C11H13NO3. The van der Waals surface area contributed by atoms with Gasteiger partial charge in [-0.25, -0.2) is 0 Å². The van der Waals surface area contributed by atoms with E-state index in [9.17, 15) is 14.7 Å². The summed E-state index contributed by atoms with van der Waals surface area (Å²) >= 11 is 0. The molecule has 0 aliphatic rings. The lowest BCUT2D eigenvalue weighted by Gasteiger charge is -2.09. The van der Waals surface area contributed by atoms with Gasteiger partial charge in [-0.3, -0.25) is 9.59 Å². The van der Waals surface area contributed by atoms with E-state index in [1.165, 1.54) is 6.92 Å². The van der Waals surface area contributed by atoms with Crippen LogP contribution in [0.2, 0.25) is 0 Å². The zero-order chi connectivity index (χ0) is 11.3. The maximum atomic E-state index is 10.7. The number of benzene rings is 1. The quantitative estimate of drug-likeness (QED) is 0.703. The zero-order valence-corrected chi connectivity index (χ0v) is 8.43. The van der Waals surface area contributed by atoms with Crippen LogP contribution in [0.15, 0.2) is 24.3 Å².